The summed E-state index contributed by atoms with van der Waals surface area (Å²) in [6.45, 7) is 2.88. The number of nitrogens with zero attached hydrogens (tertiary/aromatic N) is 2. The third kappa shape index (κ3) is 2.68. The molecule has 0 fully saturated rings. The van der Waals surface area contributed by atoms with E-state index in [0.717, 1.165) is 11.3 Å². The normalized spacial score (nSPS) is 10.3. The third-order valence-corrected chi connectivity index (χ3v) is 2.51. The third-order valence-electron chi connectivity index (χ3n) is 2.51. The van der Waals surface area contributed by atoms with Crippen LogP contribution in [0.5, 0.6) is 5.75 Å². The van der Waals surface area contributed by atoms with Gasteiger partial charge in [-0.05, 0) is 31.2 Å². The molecule has 0 aliphatic carbocycles. The highest BCUT2D eigenvalue weighted by Gasteiger charge is 2.06. The van der Waals surface area contributed by atoms with E-state index in [4.69, 9.17) is 10.5 Å². The molecule has 0 spiro atoms. The quantitative estimate of drug-likeness (QED) is 0.823. The first-order valence-corrected chi connectivity index (χ1v) is 5.73. The summed E-state index contributed by atoms with van der Waals surface area (Å²) in [6.07, 6.45) is 3.16. The summed E-state index contributed by atoms with van der Waals surface area (Å²) in [4.78, 5) is 15.3. The molecule has 0 radical (unpaired) electrons. The molecule has 2 N–H and O–H groups in total. The minimum absolute atomic E-state index is 0.289. The number of benzene rings is 1. The number of hydrogen-bond donors (Lipinski definition) is 1. The Hall–Kier alpha value is -2.30. The molecular weight excluding hydrogens is 230 g/mol. The zero-order chi connectivity index (χ0) is 13.0. The summed E-state index contributed by atoms with van der Waals surface area (Å²) in [5, 5.41) is 0. The molecule has 94 valence electrons. The predicted octanol–water partition coefficient (Wildman–Crippen LogP) is 1.27. The van der Waals surface area contributed by atoms with Crippen LogP contribution in [0.25, 0.3) is 0 Å². The molecule has 1 aromatic heterocycles. The molecule has 2 rings (SSSR count). The Balaban J connectivity index is 2.36. The van der Waals surface area contributed by atoms with Gasteiger partial charge < -0.3 is 10.5 Å². The van der Waals surface area contributed by atoms with Gasteiger partial charge in [0.15, 0.2) is 0 Å². The molecule has 1 aromatic carbocycles. The van der Waals surface area contributed by atoms with Crippen LogP contribution in [0.3, 0.4) is 0 Å². The molecule has 5 nitrogen and oxygen atoms in total. The van der Waals surface area contributed by atoms with Crippen molar-refractivity contribution < 1.29 is 4.74 Å². The van der Waals surface area contributed by atoms with Crippen molar-refractivity contribution in [3.05, 3.63) is 52.7 Å². The van der Waals surface area contributed by atoms with Gasteiger partial charge in [-0.3, -0.25) is 4.57 Å². The number of nitrogens with two attached hydrogens (primary N) is 1. The van der Waals surface area contributed by atoms with Gasteiger partial charge in [0.05, 0.1) is 13.2 Å². The molecular formula is C13H15N3O2. The second kappa shape index (κ2) is 5.35. The van der Waals surface area contributed by atoms with E-state index in [1.807, 2.05) is 19.1 Å². The van der Waals surface area contributed by atoms with Gasteiger partial charge in [0.2, 0.25) is 0 Å². The van der Waals surface area contributed by atoms with Crippen LogP contribution in [0.1, 0.15) is 12.5 Å². The second-order valence-corrected chi connectivity index (χ2v) is 3.83. The van der Waals surface area contributed by atoms with Crippen LogP contribution >= 0.6 is 0 Å². The van der Waals surface area contributed by atoms with Gasteiger partial charge in [-0.2, -0.15) is 0 Å². The molecule has 5 heteroatoms. The Morgan fingerprint density at radius 1 is 1.44 bits per heavy atom. The summed E-state index contributed by atoms with van der Waals surface area (Å²) in [5.74, 6) is 0.738. The molecule has 0 unspecified atom stereocenters. The maximum absolute atomic E-state index is 11.6. The molecule has 0 amide bonds. The van der Waals surface area contributed by atoms with Crippen LogP contribution in [-0.4, -0.2) is 16.2 Å². The van der Waals surface area contributed by atoms with Crippen molar-refractivity contribution in [3.63, 3.8) is 0 Å². The van der Waals surface area contributed by atoms with Crippen molar-refractivity contribution in [2.24, 2.45) is 0 Å². The van der Waals surface area contributed by atoms with Gasteiger partial charge in [0.25, 0.3) is 0 Å². The number of hydrogen-bond acceptors (Lipinski definition) is 4. The largest absolute Gasteiger partial charge is 0.494 e. The topological polar surface area (TPSA) is 70.1 Å². The average Bonchev–Trinajstić information content (AvgIpc) is 2.36. The molecule has 0 bridgehead atoms. The van der Waals surface area contributed by atoms with Crippen LogP contribution in [0.15, 0.2) is 41.5 Å². The molecule has 0 aliphatic rings. The van der Waals surface area contributed by atoms with E-state index in [1.54, 1.807) is 18.3 Å². The lowest BCUT2D eigenvalue weighted by atomic mass is 10.1. The van der Waals surface area contributed by atoms with E-state index >= 15 is 0 Å². The maximum atomic E-state index is 11.6. The average molecular weight is 245 g/mol. The van der Waals surface area contributed by atoms with Gasteiger partial charge >= 0.3 is 5.69 Å². The highest BCUT2D eigenvalue weighted by molar-refractivity contribution is 5.48. The Kier molecular flexibility index (Phi) is 3.62. The van der Waals surface area contributed by atoms with E-state index in [9.17, 15) is 4.79 Å². The van der Waals surface area contributed by atoms with E-state index in [-0.39, 0.29) is 5.69 Å². The monoisotopic (exact) mass is 245 g/mol. The summed E-state index contributed by atoms with van der Waals surface area (Å²) in [7, 11) is 0. The first-order chi connectivity index (χ1) is 8.70. The molecule has 1 heterocycles. The van der Waals surface area contributed by atoms with Crippen molar-refractivity contribution in [3.8, 4) is 5.75 Å². The minimum atomic E-state index is -0.289. The van der Waals surface area contributed by atoms with Crippen molar-refractivity contribution in [1.82, 2.24) is 9.55 Å². The Morgan fingerprint density at radius 2 is 2.28 bits per heavy atom. The minimum Gasteiger partial charge on any atom is -0.494 e. The Labute approximate surface area is 105 Å². The lowest BCUT2D eigenvalue weighted by Crippen LogP contribution is -2.22. The summed E-state index contributed by atoms with van der Waals surface area (Å²) < 4.78 is 7.02. The number of aromatic nitrogens is 2. The Morgan fingerprint density at radius 3 is 3.00 bits per heavy atom. The predicted molar refractivity (Wildman–Crippen MR) is 69.6 cm³/mol. The molecule has 0 aliphatic heterocycles. The van der Waals surface area contributed by atoms with Crippen molar-refractivity contribution in [2.75, 3.05) is 12.3 Å². The van der Waals surface area contributed by atoms with Crippen LogP contribution in [0, 0.1) is 0 Å². The van der Waals surface area contributed by atoms with Crippen molar-refractivity contribution >= 4 is 5.69 Å². The molecule has 0 saturated carbocycles. The summed E-state index contributed by atoms with van der Waals surface area (Å²) in [6, 6.07) is 7.12. The summed E-state index contributed by atoms with van der Waals surface area (Å²) >= 11 is 0. The first-order valence-electron chi connectivity index (χ1n) is 5.73. The highest BCUT2D eigenvalue weighted by atomic mass is 16.5. The molecule has 2 aromatic rings. The summed E-state index contributed by atoms with van der Waals surface area (Å²) in [5.41, 5.74) is 6.98. The van der Waals surface area contributed by atoms with Gasteiger partial charge in [-0.1, -0.05) is 0 Å². The van der Waals surface area contributed by atoms with Crippen LogP contribution in [0.4, 0.5) is 5.69 Å². The van der Waals surface area contributed by atoms with Gasteiger partial charge in [0, 0.05) is 23.6 Å². The number of anilines is 1. The number of rotatable bonds is 4. The fraction of sp³-hybridized carbons (Fsp3) is 0.231. The van der Waals surface area contributed by atoms with Gasteiger partial charge in [-0.25, -0.2) is 9.78 Å². The second-order valence-electron chi connectivity index (χ2n) is 3.83. The number of ether oxygens (including phenoxy) is 1. The lowest BCUT2D eigenvalue weighted by Gasteiger charge is -2.12. The van der Waals surface area contributed by atoms with Crippen LogP contribution < -0.4 is 16.2 Å². The number of nitrogen functional groups attached to an aromatic ring is 1. The van der Waals surface area contributed by atoms with E-state index < -0.39 is 0 Å². The van der Waals surface area contributed by atoms with Crippen molar-refractivity contribution in [2.45, 2.75) is 13.5 Å². The maximum Gasteiger partial charge on any atom is 0.347 e. The molecule has 0 atom stereocenters. The van der Waals surface area contributed by atoms with Crippen LogP contribution in [-0.2, 0) is 6.54 Å². The smallest absolute Gasteiger partial charge is 0.347 e. The standard InChI is InChI=1S/C13H15N3O2/c1-2-18-12-5-4-11(14)8-10(12)9-16-7-3-6-15-13(16)17/h3-8H,2,9,14H2,1H3. The zero-order valence-corrected chi connectivity index (χ0v) is 10.2. The van der Waals surface area contributed by atoms with Gasteiger partial charge in [0.1, 0.15) is 5.75 Å². The first kappa shape index (κ1) is 12.2. The molecule has 18 heavy (non-hydrogen) atoms. The van der Waals surface area contributed by atoms with Crippen LogP contribution in [0.2, 0.25) is 0 Å². The fourth-order valence-electron chi connectivity index (χ4n) is 1.71. The molecule has 0 saturated heterocycles. The SMILES string of the molecule is CCOc1ccc(N)cc1Cn1cccnc1=O. The van der Waals surface area contributed by atoms with E-state index in [1.165, 1.54) is 10.8 Å². The zero-order valence-electron chi connectivity index (χ0n) is 10.2. The van der Waals surface area contributed by atoms with Gasteiger partial charge in [-0.15, -0.1) is 0 Å². The van der Waals surface area contributed by atoms with Crippen molar-refractivity contribution in [1.29, 1.82) is 0 Å². The highest BCUT2D eigenvalue weighted by Crippen LogP contribution is 2.22. The lowest BCUT2D eigenvalue weighted by molar-refractivity contribution is 0.335. The Bertz CT molecular complexity index is 593. The van der Waals surface area contributed by atoms with E-state index in [0.29, 0.717) is 18.8 Å². The fourth-order valence-corrected chi connectivity index (χ4v) is 1.71. The van der Waals surface area contributed by atoms with E-state index in [2.05, 4.69) is 4.98 Å².